The second-order valence-electron chi connectivity index (χ2n) is 5.10. The van der Waals surface area contributed by atoms with Crippen molar-refractivity contribution in [2.24, 2.45) is 0 Å². The van der Waals surface area contributed by atoms with Crippen molar-refractivity contribution in [1.29, 1.82) is 0 Å². The summed E-state index contributed by atoms with van der Waals surface area (Å²) in [5.41, 5.74) is 1.81. The van der Waals surface area contributed by atoms with Crippen LogP contribution >= 0.6 is 0 Å². The van der Waals surface area contributed by atoms with E-state index in [0.717, 1.165) is 12.3 Å². The van der Waals surface area contributed by atoms with E-state index in [9.17, 15) is 0 Å². The van der Waals surface area contributed by atoms with Gasteiger partial charge in [0.25, 0.3) is 0 Å². The van der Waals surface area contributed by atoms with Crippen LogP contribution in [0, 0.1) is 0 Å². The van der Waals surface area contributed by atoms with Crippen molar-refractivity contribution in [3.8, 4) is 5.75 Å². The Balaban J connectivity index is 2.24. The molecule has 0 aromatic heterocycles. The summed E-state index contributed by atoms with van der Waals surface area (Å²) in [5, 5.41) is 3.37. The highest BCUT2D eigenvalue weighted by molar-refractivity contribution is 5.33. The van der Waals surface area contributed by atoms with Crippen LogP contribution in [0.5, 0.6) is 5.75 Å². The monoisotopic (exact) mass is 233 g/mol. The van der Waals surface area contributed by atoms with Crippen molar-refractivity contribution < 1.29 is 4.74 Å². The zero-order valence-corrected chi connectivity index (χ0v) is 11.0. The molecular formula is C15H23NO. The summed E-state index contributed by atoms with van der Waals surface area (Å²) in [7, 11) is 3.78. The lowest BCUT2D eigenvalue weighted by Crippen LogP contribution is -2.38. The molecule has 2 heteroatoms. The summed E-state index contributed by atoms with van der Waals surface area (Å²) in [6.07, 6.45) is 6.71. The van der Waals surface area contributed by atoms with Crippen LogP contribution in [0.1, 0.15) is 37.7 Å². The van der Waals surface area contributed by atoms with Gasteiger partial charge in [-0.15, -0.1) is 0 Å². The van der Waals surface area contributed by atoms with Crippen LogP contribution in [0.25, 0.3) is 0 Å². The summed E-state index contributed by atoms with van der Waals surface area (Å²) in [6.45, 7) is 1.08. The van der Waals surface area contributed by atoms with Gasteiger partial charge in [-0.3, -0.25) is 0 Å². The molecule has 1 saturated carbocycles. The molecule has 0 radical (unpaired) electrons. The van der Waals surface area contributed by atoms with Gasteiger partial charge in [0, 0.05) is 12.0 Å². The van der Waals surface area contributed by atoms with E-state index < -0.39 is 0 Å². The van der Waals surface area contributed by atoms with Gasteiger partial charge in [-0.2, -0.15) is 0 Å². The second kappa shape index (κ2) is 5.54. The van der Waals surface area contributed by atoms with Gasteiger partial charge in [0.2, 0.25) is 0 Å². The van der Waals surface area contributed by atoms with Gasteiger partial charge < -0.3 is 10.1 Å². The summed E-state index contributed by atoms with van der Waals surface area (Å²) in [4.78, 5) is 0. The molecule has 2 nitrogen and oxygen atoms in total. The predicted molar refractivity (Wildman–Crippen MR) is 71.7 cm³/mol. The van der Waals surface area contributed by atoms with E-state index in [1.54, 1.807) is 7.11 Å². The van der Waals surface area contributed by atoms with Crippen molar-refractivity contribution >= 4 is 0 Å². The molecular weight excluding hydrogens is 210 g/mol. The number of hydrogen-bond donors (Lipinski definition) is 1. The van der Waals surface area contributed by atoms with E-state index in [1.165, 1.54) is 37.7 Å². The first kappa shape index (κ1) is 12.4. The first-order valence-corrected chi connectivity index (χ1v) is 6.60. The van der Waals surface area contributed by atoms with Crippen LogP contribution in [-0.2, 0) is 5.41 Å². The Kier molecular flexibility index (Phi) is 4.06. The quantitative estimate of drug-likeness (QED) is 0.862. The SMILES string of the molecule is CNCC1(c2ccc(OC)cc2)CCCCC1. The minimum absolute atomic E-state index is 0.346. The van der Waals surface area contributed by atoms with Crippen LogP contribution in [0.3, 0.4) is 0 Å². The van der Waals surface area contributed by atoms with E-state index >= 15 is 0 Å². The minimum Gasteiger partial charge on any atom is -0.497 e. The number of methoxy groups -OCH3 is 1. The average Bonchev–Trinajstić information content (AvgIpc) is 2.40. The largest absolute Gasteiger partial charge is 0.497 e. The molecule has 0 amide bonds. The molecule has 1 N–H and O–H groups in total. The number of hydrogen-bond acceptors (Lipinski definition) is 2. The van der Waals surface area contributed by atoms with E-state index in [1.807, 2.05) is 0 Å². The number of benzene rings is 1. The van der Waals surface area contributed by atoms with Crippen molar-refractivity contribution in [1.82, 2.24) is 5.32 Å². The Morgan fingerprint density at radius 3 is 2.29 bits per heavy atom. The Bertz CT molecular complexity index is 333. The van der Waals surface area contributed by atoms with Gasteiger partial charge in [-0.05, 0) is 37.6 Å². The number of rotatable bonds is 4. The molecule has 0 heterocycles. The minimum atomic E-state index is 0.346. The zero-order chi connectivity index (χ0) is 12.1. The van der Waals surface area contributed by atoms with Gasteiger partial charge >= 0.3 is 0 Å². The van der Waals surface area contributed by atoms with Crippen LogP contribution in [0.15, 0.2) is 24.3 Å². The lowest BCUT2D eigenvalue weighted by molar-refractivity contribution is 0.286. The second-order valence-corrected chi connectivity index (χ2v) is 5.10. The smallest absolute Gasteiger partial charge is 0.118 e. The maximum absolute atomic E-state index is 5.23. The summed E-state index contributed by atoms with van der Waals surface area (Å²) >= 11 is 0. The average molecular weight is 233 g/mol. The summed E-state index contributed by atoms with van der Waals surface area (Å²) < 4.78 is 5.23. The Morgan fingerprint density at radius 2 is 1.76 bits per heavy atom. The zero-order valence-electron chi connectivity index (χ0n) is 11.0. The molecule has 1 fully saturated rings. The predicted octanol–water partition coefficient (Wildman–Crippen LogP) is 3.12. The van der Waals surface area contributed by atoms with Gasteiger partial charge in [0.05, 0.1) is 7.11 Å². The summed E-state index contributed by atoms with van der Waals surface area (Å²) in [5.74, 6) is 0.948. The highest BCUT2D eigenvalue weighted by Crippen LogP contribution is 2.39. The van der Waals surface area contributed by atoms with Crippen LogP contribution in [-0.4, -0.2) is 20.7 Å². The fourth-order valence-corrected chi connectivity index (χ4v) is 3.08. The lowest BCUT2D eigenvalue weighted by atomic mass is 9.69. The Morgan fingerprint density at radius 1 is 1.12 bits per heavy atom. The standard InChI is InChI=1S/C15H23NO/c1-16-12-15(10-4-3-5-11-15)13-6-8-14(17-2)9-7-13/h6-9,16H,3-5,10-12H2,1-2H3. The third kappa shape index (κ3) is 2.63. The summed E-state index contributed by atoms with van der Waals surface area (Å²) in [6, 6.07) is 8.64. The Hall–Kier alpha value is -1.02. The van der Waals surface area contributed by atoms with E-state index in [4.69, 9.17) is 4.74 Å². The van der Waals surface area contributed by atoms with Gasteiger partial charge in [0.15, 0.2) is 0 Å². The molecule has 0 bridgehead atoms. The fourth-order valence-electron chi connectivity index (χ4n) is 3.08. The molecule has 1 aliphatic rings. The molecule has 0 atom stereocenters. The normalized spacial score (nSPS) is 18.9. The van der Waals surface area contributed by atoms with Gasteiger partial charge in [-0.1, -0.05) is 31.4 Å². The molecule has 94 valence electrons. The molecule has 0 unspecified atom stereocenters. The number of likely N-dealkylation sites (N-methyl/N-ethyl adjacent to an activating group) is 1. The molecule has 1 aromatic rings. The first-order valence-electron chi connectivity index (χ1n) is 6.60. The number of nitrogens with one attached hydrogen (secondary N) is 1. The maximum Gasteiger partial charge on any atom is 0.118 e. The highest BCUT2D eigenvalue weighted by Gasteiger charge is 2.32. The molecule has 1 aliphatic carbocycles. The third-order valence-electron chi connectivity index (χ3n) is 4.03. The molecule has 2 rings (SSSR count). The van der Waals surface area contributed by atoms with Gasteiger partial charge in [-0.25, -0.2) is 0 Å². The first-order chi connectivity index (χ1) is 8.30. The van der Waals surface area contributed by atoms with Crippen molar-refractivity contribution in [2.45, 2.75) is 37.5 Å². The molecule has 1 aromatic carbocycles. The molecule has 0 spiro atoms. The van der Waals surface area contributed by atoms with E-state index in [2.05, 4.69) is 36.6 Å². The highest BCUT2D eigenvalue weighted by atomic mass is 16.5. The Labute approximate surface area is 104 Å². The van der Waals surface area contributed by atoms with Crippen molar-refractivity contribution in [3.63, 3.8) is 0 Å². The fraction of sp³-hybridized carbons (Fsp3) is 0.600. The lowest BCUT2D eigenvalue weighted by Gasteiger charge is -2.38. The van der Waals surface area contributed by atoms with Crippen LogP contribution < -0.4 is 10.1 Å². The van der Waals surface area contributed by atoms with Crippen LogP contribution in [0.4, 0.5) is 0 Å². The molecule has 17 heavy (non-hydrogen) atoms. The van der Waals surface area contributed by atoms with Crippen molar-refractivity contribution in [3.05, 3.63) is 29.8 Å². The van der Waals surface area contributed by atoms with Gasteiger partial charge in [0.1, 0.15) is 5.75 Å². The van der Waals surface area contributed by atoms with Crippen molar-refractivity contribution in [2.75, 3.05) is 20.7 Å². The topological polar surface area (TPSA) is 21.3 Å². The van der Waals surface area contributed by atoms with E-state index in [-0.39, 0.29) is 0 Å². The third-order valence-corrected chi connectivity index (χ3v) is 4.03. The molecule has 0 aliphatic heterocycles. The van der Waals surface area contributed by atoms with Crippen LogP contribution in [0.2, 0.25) is 0 Å². The van der Waals surface area contributed by atoms with E-state index in [0.29, 0.717) is 5.41 Å². The number of ether oxygens (including phenoxy) is 1. The molecule has 0 saturated heterocycles. The maximum atomic E-state index is 5.23.